The van der Waals surface area contributed by atoms with Crippen LogP contribution in [0.4, 0.5) is 13.2 Å². The van der Waals surface area contributed by atoms with E-state index in [1.165, 1.54) is 0 Å². The van der Waals surface area contributed by atoms with E-state index in [9.17, 15) is 22.8 Å². The third kappa shape index (κ3) is 4.17. The van der Waals surface area contributed by atoms with Crippen molar-refractivity contribution >= 4 is 11.8 Å². The standard InChI is InChI=1S/C13H15F3N2O4/c1-3-4-17-9(12(21)22-2)10(19)7-5-8(13(14,15)16)11(20)18-6-7/h5-6,9,17H,3-4H2,1-2H3,(H,18,20). The Morgan fingerprint density at radius 2 is 2.09 bits per heavy atom. The molecule has 1 atom stereocenters. The predicted octanol–water partition coefficient (Wildman–Crippen LogP) is 1.53. The molecule has 0 aliphatic carbocycles. The van der Waals surface area contributed by atoms with Crippen molar-refractivity contribution in [1.29, 1.82) is 0 Å². The van der Waals surface area contributed by atoms with Gasteiger partial charge in [-0.25, -0.2) is 9.78 Å². The van der Waals surface area contributed by atoms with Crippen molar-refractivity contribution in [1.82, 2.24) is 10.3 Å². The third-order valence-electron chi connectivity index (χ3n) is 2.75. The fourth-order valence-electron chi connectivity index (χ4n) is 1.66. The molecule has 0 aliphatic heterocycles. The van der Waals surface area contributed by atoms with Gasteiger partial charge in [-0.1, -0.05) is 6.92 Å². The average Bonchev–Trinajstić information content (AvgIpc) is 2.46. The summed E-state index contributed by atoms with van der Waals surface area (Å²) in [6.45, 7) is 2.08. The average molecular weight is 320 g/mol. The van der Waals surface area contributed by atoms with Crippen LogP contribution in [0, 0.1) is 0 Å². The van der Waals surface area contributed by atoms with E-state index < -0.39 is 41.0 Å². The summed E-state index contributed by atoms with van der Waals surface area (Å²) in [5, 5.41) is 11.7. The van der Waals surface area contributed by atoms with Crippen LogP contribution in [-0.4, -0.2) is 41.5 Å². The van der Waals surface area contributed by atoms with Crippen LogP contribution in [0.25, 0.3) is 0 Å². The summed E-state index contributed by atoms with van der Waals surface area (Å²) in [5.74, 6) is -3.07. The zero-order valence-corrected chi connectivity index (χ0v) is 11.9. The zero-order chi connectivity index (χ0) is 16.9. The lowest BCUT2D eigenvalue weighted by molar-refractivity contribution is -0.141. The van der Waals surface area contributed by atoms with Crippen molar-refractivity contribution in [2.24, 2.45) is 0 Å². The molecule has 0 saturated carbocycles. The number of halogens is 3. The number of alkyl halides is 3. The number of rotatable bonds is 6. The molecule has 122 valence electrons. The molecule has 2 N–H and O–H groups in total. The number of carbonyl (C=O) groups excluding carboxylic acids is 2. The maximum atomic E-state index is 12.7. The maximum Gasteiger partial charge on any atom is 0.421 e. The minimum absolute atomic E-state index is 0.295. The largest absolute Gasteiger partial charge is 0.493 e. The Kier molecular flexibility index (Phi) is 5.86. The van der Waals surface area contributed by atoms with Crippen molar-refractivity contribution in [3.8, 4) is 5.88 Å². The molecule has 0 bridgehead atoms. The second kappa shape index (κ2) is 7.21. The second-order valence-corrected chi connectivity index (χ2v) is 4.37. The lowest BCUT2D eigenvalue weighted by Crippen LogP contribution is -2.44. The summed E-state index contributed by atoms with van der Waals surface area (Å²) in [6, 6.07) is -0.980. The topological polar surface area (TPSA) is 88.5 Å². The Hall–Kier alpha value is -2.16. The van der Waals surface area contributed by atoms with Crippen LogP contribution in [0.15, 0.2) is 12.3 Å². The summed E-state index contributed by atoms with van der Waals surface area (Å²) in [7, 11) is 1.06. The van der Waals surface area contributed by atoms with Crippen LogP contribution in [0.5, 0.6) is 5.88 Å². The van der Waals surface area contributed by atoms with Gasteiger partial charge in [0.1, 0.15) is 5.56 Å². The highest BCUT2D eigenvalue weighted by molar-refractivity contribution is 6.12. The van der Waals surface area contributed by atoms with Crippen molar-refractivity contribution in [3.05, 3.63) is 23.4 Å². The molecule has 0 amide bonds. The van der Waals surface area contributed by atoms with Gasteiger partial charge in [-0.3, -0.25) is 10.1 Å². The summed E-state index contributed by atoms with van der Waals surface area (Å²) in [4.78, 5) is 26.9. The van der Waals surface area contributed by atoms with Gasteiger partial charge in [-0.15, -0.1) is 0 Å². The molecular formula is C13H15F3N2O4. The number of Topliss-reactive ketones (excluding diaryl/α,β-unsaturated/α-hetero) is 1. The monoisotopic (exact) mass is 320 g/mol. The van der Waals surface area contributed by atoms with Gasteiger partial charge in [0.05, 0.1) is 7.11 Å². The van der Waals surface area contributed by atoms with Crippen LogP contribution in [0.1, 0.15) is 29.3 Å². The number of hydrogen-bond acceptors (Lipinski definition) is 6. The highest BCUT2D eigenvalue weighted by Crippen LogP contribution is 2.34. The molecule has 1 unspecified atom stereocenters. The van der Waals surface area contributed by atoms with E-state index in [4.69, 9.17) is 5.11 Å². The van der Waals surface area contributed by atoms with Gasteiger partial charge in [-0.05, 0) is 19.0 Å². The van der Waals surface area contributed by atoms with Gasteiger partial charge in [0.15, 0.2) is 11.8 Å². The first kappa shape index (κ1) is 17.9. The highest BCUT2D eigenvalue weighted by atomic mass is 19.4. The fraction of sp³-hybridized carbons (Fsp3) is 0.462. The Labute approximate surface area is 124 Å². The first-order valence-electron chi connectivity index (χ1n) is 6.34. The molecule has 0 saturated heterocycles. The third-order valence-corrected chi connectivity index (χ3v) is 2.75. The second-order valence-electron chi connectivity index (χ2n) is 4.37. The Morgan fingerprint density at radius 3 is 2.59 bits per heavy atom. The summed E-state index contributed by atoms with van der Waals surface area (Å²) >= 11 is 0. The van der Waals surface area contributed by atoms with Gasteiger partial charge >= 0.3 is 12.1 Å². The smallest absolute Gasteiger partial charge is 0.421 e. The van der Waals surface area contributed by atoms with Crippen LogP contribution in [0.2, 0.25) is 0 Å². The number of nitrogens with one attached hydrogen (secondary N) is 1. The molecule has 1 heterocycles. The summed E-state index contributed by atoms with van der Waals surface area (Å²) in [5.41, 5.74) is -1.90. The number of carbonyl (C=O) groups is 2. The number of aromatic hydroxyl groups is 1. The zero-order valence-electron chi connectivity index (χ0n) is 11.9. The molecular weight excluding hydrogens is 305 g/mol. The SMILES string of the molecule is CCCNC(C(=O)OC)C(=O)c1cnc(O)c(C(F)(F)F)c1. The molecule has 0 radical (unpaired) electrons. The van der Waals surface area contributed by atoms with E-state index in [0.29, 0.717) is 19.0 Å². The van der Waals surface area contributed by atoms with Crippen LogP contribution < -0.4 is 5.32 Å². The number of pyridine rings is 1. The van der Waals surface area contributed by atoms with Crippen molar-refractivity contribution < 1.29 is 32.6 Å². The number of aromatic nitrogens is 1. The van der Waals surface area contributed by atoms with Crippen LogP contribution in [-0.2, 0) is 15.7 Å². The fourth-order valence-corrected chi connectivity index (χ4v) is 1.66. The maximum absolute atomic E-state index is 12.7. The number of hydrogen-bond donors (Lipinski definition) is 2. The molecule has 9 heteroatoms. The summed E-state index contributed by atoms with van der Waals surface area (Å²) < 4.78 is 42.6. The minimum Gasteiger partial charge on any atom is -0.493 e. The van der Waals surface area contributed by atoms with Crippen LogP contribution >= 0.6 is 0 Å². The molecule has 0 spiro atoms. The number of ketones is 1. The van der Waals surface area contributed by atoms with E-state index in [1.807, 2.05) is 0 Å². The molecule has 1 aromatic rings. The van der Waals surface area contributed by atoms with Gasteiger partial charge in [0, 0.05) is 11.8 Å². The number of esters is 1. The van der Waals surface area contributed by atoms with E-state index >= 15 is 0 Å². The van der Waals surface area contributed by atoms with Gasteiger partial charge in [-0.2, -0.15) is 13.2 Å². The first-order valence-corrected chi connectivity index (χ1v) is 6.34. The van der Waals surface area contributed by atoms with Crippen molar-refractivity contribution in [2.45, 2.75) is 25.6 Å². The molecule has 0 aromatic carbocycles. The first-order chi connectivity index (χ1) is 10.2. The molecule has 1 rings (SSSR count). The van der Waals surface area contributed by atoms with Crippen molar-refractivity contribution in [3.63, 3.8) is 0 Å². The van der Waals surface area contributed by atoms with Crippen LogP contribution in [0.3, 0.4) is 0 Å². The normalized spacial score (nSPS) is 12.8. The van der Waals surface area contributed by atoms with E-state index in [1.54, 1.807) is 6.92 Å². The predicted molar refractivity (Wildman–Crippen MR) is 69.3 cm³/mol. The van der Waals surface area contributed by atoms with Gasteiger partial charge in [0.2, 0.25) is 5.88 Å². The number of ether oxygens (including phenoxy) is 1. The summed E-state index contributed by atoms with van der Waals surface area (Å²) in [6.07, 6.45) is -3.50. The quantitative estimate of drug-likeness (QED) is 0.469. The number of methoxy groups -OCH3 is 1. The highest BCUT2D eigenvalue weighted by Gasteiger charge is 2.37. The molecule has 6 nitrogen and oxygen atoms in total. The Bertz CT molecular complexity index is 561. The molecule has 22 heavy (non-hydrogen) atoms. The lowest BCUT2D eigenvalue weighted by Gasteiger charge is -2.16. The van der Waals surface area contributed by atoms with E-state index in [2.05, 4.69) is 15.0 Å². The number of nitrogens with zero attached hydrogens (tertiary/aromatic N) is 1. The van der Waals surface area contributed by atoms with Gasteiger partial charge in [0.25, 0.3) is 0 Å². The van der Waals surface area contributed by atoms with Crippen molar-refractivity contribution in [2.75, 3.05) is 13.7 Å². The molecule has 1 aromatic heterocycles. The Morgan fingerprint density at radius 1 is 1.45 bits per heavy atom. The van der Waals surface area contributed by atoms with Gasteiger partial charge < -0.3 is 9.84 Å². The lowest BCUT2D eigenvalue weighted by atomic mass is 10.0. The molecule has 0 fully saturated rings. The molecule has 0 aliphatic rings. The van der Waals surface area contributed by atoms with E-state index in [-0.39, 0.29) is 0 Å². The van der Waals surface area contributed by atoms with E-state index in [0.717, 1.165) is 13.3 Å². The Balaban J connectivity index is 3.16. The minimum atomic E-state index is -4.87.